The third kappa shape index (κ3) is 7.40. The van der Waals surface area contributed by atoms with Crippen LogP contribution in [-0.2, 0) is 9.53 Å². The van der Waals surface area contributed by atoms with Crippen LogP contribution < -0.4 is 5.32 Å². The molecule has 4 nitrogen and oxygen atoms in total. The summed E-state index contributed by atoms with van der Waals surface area (Å²) in [6.07, 6.45) is 3.93. The van der Waals surface area contributed by atoms with Crippen LogP contribution >= 0.6 is 12.4 Å². The molecule has 1 N–H and O–H groups in total. The van der Waals surface area contributed by atoms with Gasteiger partial charge in [0.2, 0.25) is 5.91 Å². The van der Waals surface area contributed by atoms with Gasteiger partial charge in [-0.25, -0.2) is 0 Å². The second-order valence-corrected chi connectivity index (χ2v) is 7.62. The standard InChI is InChI=1S/C18H36N2O2.ClH/c1-15(2)6-12-20(13-7-16(3)4)17(21)18(14-22-5)8-10-19-11-9-18;/h15-16,19H,6-14H2,1-5H3;1H. The van der Waals surface area contributed by atoms with Gasteiger partial charge in [-0.05, 0) is 50.6 Å². The predicted octanol–water partition coefficient (Wildman–Crippen LogP) is 3.35. The minimum atomic E-state index is -0.312. The lowest BCUT2D eigenvalue weighted by molar-refractivity contribution is -0.148. The van der Waals surface area contributed by atoms with Crippen molar-refractivity contribution in [2.45, 2.75) is 53.4 Å². The average Bonchev–Trinajstić information content (AvgIpc) is 2.47. The highest BCUT2D eigenvalue weighted by Crippen LogP contribution is 2.32. The van der Waals surface area contributed by atoms with Gasteiger partial charge in [0.05, 0.1) is 12.0 Å². The molecule has 23 heavy (non-hydrogen) atoms. The van der Waals surface area contributed by atoms with Crippen molar-refractivity contribution in [3.05, 3.63) is 0 Å². The second-order valence-electron chi connectivity index (χ2n) is 7.62. The van der Waals surface area contributed by atoms with E-state index in [-0.39, 0.29) is 17.8 Å². The van der Waals surface area contributed by atoms with Crippen LogP contribution in [0.2, 0.25) is 0 Å². The molecule has 1 aliphatic rings. The molecule has 0 unspecified atom stereocenters. The van der Waals surface area contributed by atoms with Gasteiger partial charge in [-0.15, -0.1) is 12.4 Å². The number of nitrogens with zero attached hydrogens (tertiary/aromatic N) is 1. The van der Waals surface area contributed by atoms with E-state index >= 15 is 0 Å². The van der Waals surface area contributed by atoms with Crippen LogP contribution in [0.15, 0.2) is 0 Å². The molecule has 0 aliphatic carbocycles. The Bertz CT molecular complexity index is 311. The lowest BCUT2D eigenvalue weighted by Crippen LogP contribution is -2.52. The van der Waals surface area contributed by atoms with Crippen molar-refractivity contribution < 1.29 is 9.53 Å². The van der Waals surface area contributed by atoms with Crippen LogP contribution in [0, 0.1) is 17.3 Å². The summed E-state index contributed by atoms with van der Waals surface area (Å²) in [5.74, 6) is 1.57. The summed E-state index contributed by atoms with van der Waals surface area (Å²) in [7, 11) is 1.71. The Morgan fingerprint density at radius 2 is 1.57 bits per heavy atom. The van der Waals surface area contributed by atoms with Crippen molar-refractivity contribution in [2.75, 3.05) is 39.9 Å². The Kier molecular flexibility index (Phi) is 11.1. The molecule has 1 rings (SSSR count). The maximum Gasteiger partial charge on any atom is 0.231 e. The van der Waals surface area contributed by atoms with Gasteiger partial charge in [-0.1, -0.05) is 27.7 Å². The lowest BCUT2D eigenvalue weighted by Gasteiger charge is -2.40. The molecule has 1 aliphatic heterocycles. The quantitative estimate of drug-likeness (QED) is 0.694. The number of halogens is 1. The SMILES string of the molecule is COCC1(C(=O)N(CCC(C)C)CCC(C)C)CCNCC1.Cl. The summed E-state index contributed by atoms with van der Waals surface area (Å²) in [4.78, 5) is 15.4. The molecule has 0 saturated carbocycles. The highest BCUT2D eigenvalue weighted by atomic mass is 35.5. The Balaban J connectivity index is 0.00000484. The first-order valence-electron chi connectivity index (χ1n) is 8.90. The summed E-state index contributed by atoms with van der Waals surface area (Å²) in [5, 5.41) is 3.37. The third-order valence-electron chi connectivity index (χ3n) is 4.67. The van der Waals surface area contributed by atoms with E-state index in [4.69, 9.17) is 4.74 Å². The van der Waals surface area contributed by atoms with Crippen molar-refractivity contribution in [3.63, 3.8) is 0 Å². The molecular formula is C18H37ClN2O2. The summed E-state index contributed by atoms with van der Waals surface area (Å²) in [6.45, 7) is 13.0. The van der Waals surface area contributed by atoms with Crippen molar-refractivity contribution in [1.82, 2.24) is 10.2 Å². The van der Waals surface area contributed by atoms with E-state index in [0.717, 1.165) is 51.9 Å². The molecule has 0 aromatic heterocycles. The molecule has 1 fully saturated rings. The van der Waals surface area contributed by atoms with Crippen molar-refractivity contribution in [2.24, 2.45) is 17.3 Å². The van der Waals surface area contributed by atoms with Crippen LogP contribution in [0.5, 0.6) is 0 Å². The Morgan fingerprint density at radius 1 is 1.09 bits per heavy atom. The number of carbonyl (C=O) groups is 1. The maximum absolute atomic E-state index is 13.3. The Morgan fingerprint density at radius 3 is 1.96 bits per heavy atom. The van der Waals surface area contributed by atoms with E-state index in [1.54, 1.807) is 7.11 Å². The summed E-state index contributed by atoms with van der Waals surface area (Å²) >= 11 is 0. The van der Waals surface area contributed by atoms with Gasteiger partial charge in [-0.3, -0.25) is 4.79 Å². The molecule has 1 amide bonds. The Hall–Kier alpha value is -0.320. The number of hydrogen-bond acceptors (Lipinski definition) is 3. The molecule has 0 atom stereocenters. The zero-order valence-electron chi connectivity index (χ0n) is 15.7. The Labute approximate surface area is 149 Å². The molecule has 0 radical (unpaired) electrons. The third-order valence-corrected chi connectivity index (χ3v) is 4.67. The topological polar surface area (TPSA) is 41.6 Å². The smallest absolute Gasteiger partial charge is 0.231 e. The highest BCUT2D eigenvalue weighted by molar-refractivity contribution is 5.85. The zero-order chi connectivity index (χ0) is 16.6. The van der Waals surface area contributed by atoms with E-state index in [1.165, 1.54) is 0 Å². The molecule has 1 heterocycles. The van der Waals surface area contributed by atoms with Crippen molar-refractivity contribution >= 4 is 18.3 Å². The first kappa shape index (κ1) is 22.7. The van der Waals surface area contributed by atoms with Crippen LogP contribution in [0.25, 0.3) is 0 Å². The van der Waals surface area contributed by atoms with Crippen LogP contribution in [0.3, 0.4) is 0 Å². The maximum atomic E-state index is 13.3. The zero-order valence-corrected chi connectivity index (χ0v) is 16.5. The van der Waals surface area contributed by atoms with E-state index in [2.05, 4.69) is 37.9 Å². The van der Waals surface area contributed by atoms with E-state index in [1.807, 2.05) is 0 Å². The molecule has 0 aromatic rings. The van der Waals surface area contributed by atoms with Crippen LogP contribution in [0.1, 0.15) is 53.4 Å². The molecule has 1 saturated heterocycles. The van der Waals surface area contributed by atoms with Gasteiger partial charge in [0.1, 0.15) is 0 Å². The van der Waals surface area contributed by atoms with Gasteiger partial charge >= 0.3 is 0 Å². The van der Waals surface area contributed by atoms with Crippen molar-refractivity contribution in [1.29, 1.82) is 0 Å². The number of ether oxygens (including phenoxy) is 1. The normalized spacial score (nSPS) is 17.2. The monoisotopic (exact) mass is 348 g/mol. The van der Waals surface area contributed by atoms with E-state index < -0.39 is 0 Å². The molecular weight excluding hydrogens is 312 g/mol. The first-order valence-corrected chi connectivity index (χ1v) is 8.90. The molecule has 5 heteroatoms. The van der Waals surface area contributed by atoms with Gasteiger partial charge in [0.25, 0.3) is 0 Å². The van der Waals surface area contributed by atoms with E-state index in [0.29, 0.717) is 24.3 Å². The fourth-order valence-corrected chi connectivity index (χ4v) is 3.08. The van der Waals surface area contributed by atoms with Crippen LogP contribution in [-0.4, -0.2) is 50.7 Å². The number of rotatable bonds is 9. The molecule has 0 bridgehead atoms. The number of methoxy groups -OCH3 is 1. The number of amides is 1. The number of hydrogen-bond donors (Lipinski definition) is 1. The summed E-state index contributed by atoms with van der Waals surface area (Å²) in [6, 6.07) is 0. The van der Waals surface area contributed by atoms with Gasteiger partial charge in [0, 0.05) is 20.2 Å². The average molecular weight is 349 g/mol. The minimum absolute atomic E-state index is 0. The largest absolute Gasteiger partial charge is 0.384 e. The van der Waals surface area contributed by atoms with Gasteiger partial charge in [-0.2, -0.15) is 0 Å². The molecule has 0 aromatic carbocycles. The summed E-state index contributed by atoms with van der Waals surface area (Å²) in [5.41, 5.74) is -0.312. The molecule has 0 spiro atoms. The fourth-order valence-electron chi connectivity index (χ4n) is 3.08. The minimum Gasteiger partial charge on any atom is -0.384 e. The fraction of sp³-hybridized carbons (Fsp3) is 0.944. The number of piperidine rings is 1. The predicted molar refractivity (Wildman–Crippen MR) is 99.2 cm³/mol. The summed E-state index contributed by atoms with van der Waals surface area (Å²) < 4.78 is 5.43. The van der Waals surface area contributed by atoms with Gasteiger partial charge in [0.15, 0.2) is 0 Å². The lowest BCUT2D eigenvalue weighted by atomic mass is 9.78. The van der Waals surface area contributed by atoms with Crippen LogP contribution in [0.4, 0.5) is 0 Å². The first-order chi connectivity index (χ1) is 10.4. The van der Waals surface area contributed by atoms with Crippen molar-refractivity contribution in [3.8, 4) is 0 Å². The number of carbonyl (C=O) groups excluding carboxylic acids is 1. The van der Waals surface area contributed by atoms with Gasteiger partial charge < -0.3 is 15.0 Å². The van der Waals surface area contributed by atoms with E-state index in [9.17, 15) is 4.79 Å². The number of nitrogens with one attached hydrogen (secondary N) is 1. The second kappa shape index (κ2) is 11.3. The highest BCUT2D eigenvalue weighted by Gasteiger charge is 2.42. The molecule has 138 valence electrons.